The molecule has 3 heteroatoms. The van der Waals surface area contributed by atoms with E-state index in [-0.39, 0.29) is 5.54 Å². The van der Waals surface area contributed by atoms with Crippen molar-refractivity contribution in [1.82, 2.24) is 10.3 Å². The molecule has 0 radical (unpaired) electrons. The van der Waals surface area contributed by atoms with Crippen LogP contribution in [0.1, 0.15) is 59.1 Å². The zero-order chi connectivity index (χ0) is 15.5. The molecule has 0 saturated heterocycles. The van der Waals surface area contributed by atoms with Gasteiger partial charge in [-0.1, -0.05) is 19.8 Å². The van der Waals surface area contributed by atoms with Crippen molar-refractivity contribution in [2.24, 2.45) is 5.92 Å². The molecule has 2 rings (SSSR count). The molecule has 1 aromatic rings. The van der Waals surface area contributed by atoms with E-state index in [4.69, 9.17) is 0 Å². The van der Waals surface area contributed by atoms with Gasteiger partial charge in [-0.15, -0.1) is 0 Å². The Morgan fingerprint density at radius 1 is 1.33 bits per heavy atom. The third-order valence-corrected chi connectivity index (χ3v) is 4.46. The lowest BCUT2D eigenvalue weighted by molar-refractivity contribution is 0.336. The lowest BCUT2D eigenvalue weighted by Crippen LogP contribution is -2.36. The number of nitrogens with one attached hydrogen (secondary N) is 1. The molecule has 3 nitrogen and oxygen atoms in total. The quantitative estimate of drug-likeness (QED) is 0.908. The summed E-state index contributed by atoms with van der Waals surface area (Å²) in [5, 5.41) is 3.51. The molecule has 0 spiro atoms. The van der Waals surface area contributed by atoms with Gasteiger partial charge in [-0.3, -0.25) is 4.98 Å². The van der Waals surface area contributed by atoms with Gasteiger partial charge in [0, 0.05) is 37.1 Å². The highest BCUT2D eigenvalue weighted by molar-refractivity contribution is 5.46. The Kier molecular flexibility index (Phi) is 5.26. The van der Waals surface area contributed by atoms with Gasteiger partial charge in [-0.25, -0.2) is 0 Å². The van der Waals surface area contributed by atoms with Gasteiger partial charge in [-0.2, -0.15) is 0 Å². The van der Waals surface area contributed by atoms with E-state index in [1.807, 2.05) is 6.20 Å². The standard InChI is InChI=1S/C18H31N3/c1-14-7-6-8-16(11-14)21(5)17-9-10-19-15(12-17)13-20-18(2,3)4/h9-10,12,14,16,20H,6-8,11,13H2,1-5H3. The van der Waals surface area contributed by atoms with Gasteiger partial charge in [-0.05, 0) is 51.7 Å². The minimum absolute atomic E-state index is 0.127. The molecular formula is C18H31N3. The second-order valence-corrected chi connectivity index (χ2v) is 7.65. The second-order valence-electron chi connectivity index (χ2n) is 7.65. The monoisotopic (exact) mass is 289 g/mol. The smallest absolute Gasteiger partial charge is 0.0562 e. The minimum atomic E-state index is 0.127. The van der Waals surface area contributed by atoms with Crippen LogP contribution in [0.2, 0.25) is 0 Å². The third kappa shape index (κ3) is 4.99. The molecule has 21 heavy (non-hydrogen) atoms. The first-order valence-corrected chi connectivity index (χ1v) is 8.28. The highest BCUT2D eigenvalue weighted by Gasteiger charge is 2.22. The Morgan fingerprint density at radius 3 is 2.76 bits per heavy atom. The van der Waals surface area contributed by atoms with Gasteiger partial charge in [0.1, 0.15) is 0 Å². The molecule has 0 aliphatic heterocycles. The van der Waals surface area contributed by atoms with Crippen LogP contribution in [-0.4, -0.2) is 23.6 Å². The molecule has 1 N–H and O–H groups in total. The summed E-state index contributed by atoms with van der Waals surface area (Å²) in [5.41, 5.74) is 2.55. The topological polar surface area (TPSA) is 28.2 Å². The maximum atomic E-state index is 4.50. The fourth-order valence-electron chi connectivity index (χ4n) is 3.10. The van der Waals surface area contributed by atoms with E-state index in [9.17, 15) is 0 Å². The van der Waals surface area contributed by atoms with Crippen molar-refractivity contribution in [1.29, 1.82) is 0 Å². The molecule has 1 aromatic heterocycles. The van der Waals surface area contributed by atoms with E-state index < -0.39 is 0 Å². The van der Waals surface area contributed by atoms with Crippen molar-refractivity contribution in [3.05, 3.63) is 24.0 Å². The zero-order valence-corrected chi connectivity index (χ0v) is 14.3. The number of aromatic nitrogens is 1. The van der Waals surface area contributed by atoms with Gasteiger partial charge >= 0.3 is 0 Å². The SMILES string of the molecule is CC1CCCC(N(C)c2ccnc(CNC(C)(C)C)c2)C1. The molecule has 0 bridgehead atoms. The Morgan fingerprint density at radius 2 is 2.10 bits per heavy atom. The van der Waals surface area contributed by atoms with Crippen LogP contribution in [0.25, 0.3) is 0 Å². The van der Waals surface area contributed by atoms with E-state index in [2.05, 4.69) is 62.1 Å². The van der Waals surface area contributed by atoms with Crippen molar-refractivity contribution < 1.29 is 0 Å². The van der Waals surface area contributed by atoms with Crippen LogP contribution in [-0.2, 0) is 6.54 Å². The maximum absolute atomic E-state index is 4.50. The van der Waals surface area contributed by atoms with Crippen LogP contribution in [0.4, 0.5) is 5.69 Å². The van der Waals surface area contributed by atoms with E-state index >= 15 is 0 Å². The summed E-state index contributed by atoms with van der Waals surface area (Å²) in [6.07, 6.45) is 7.33. The highest BCUT2D eigenvalue weighted by atomic mass is 15.1. The average molecular weight is 289 g/mol. The number of hydrogen-bond acceptors (Lipinski definition) is 3. The molecular weight excluding hydrogens is 258 g/mol. The normalized spacial score (nSPS) is 23.1. The fraction of sp³-hybridized carbons (Fsp3) is 0.722. The fourth-order valence-corrected chi connectivity index (χ4v) is 3.10. The van der Waals surface area contributed by atoms with Crippen molar-refractivity contribution in [2.75, 3.05) is 11.9 Å². The van der Waals surface area contributed by atoms with Crippen molar-refractivity contribution in [2.45, 2.75) is 71.5 Å². The first kappa shape index (κ1) is 16.3. The minimum Gasteiger partial charge on any atom is -0.372 e. The van der Waals surface area contributed by atoms with Gasteiger partial charge in [0.15, 0.2) is 0 Å². The van der Waals surface area contributed by atoms with Crippen molar-refractivity contribution >= 4 is 5.69 Å². The predicted molar refractivity (Wildman–Crippen MR) is 90.7 cm³/mol. The zero-order valence-electron chi connectivity index (χ0n) is 14.3. The number of nitrogens with zero attached hydrogens (tertiary/aromatic N) is 2. The van der Waals surface area contributed by atoms with Gasteiger partial charge < -0.3 is 10.2 Å². The summed E-state index contributed by atoms with van der Waals surface area (Å²) in [6.45, 7) is 9.77. The number of hydrogen-bond donors (Lipinski definition) is 1. The van der Waals surface area contributed by atoms with Crippen LogP contribution >= 0.6 is 0 Å². The summed E-state index contributed by atoms with van der Waals surface area (Å²) in [4.78, 5) is 6.95. The Labute approximate surface area is 130 Å². The summed E-state index contributed by atoms with van der Waals surface area (Å²) < 4.78 is 0. The summed E-state index contributed by atoms with van der Waals surface area (Å²) in [6, 6.07) is 5.05. The molecule has 1 fully saturated rings. The molecule has 2 unspecified atom stereocenters. The molecule has 1 heterocycles. The number of rotatable bonds is 4. The molecule has 2 atom stereocenters. The Balaban J connectivity index is 2.02. The van der Waals surface area contributed by atoms with E-state index in [0.29, 0.717) is 6.04 Å². The summed E-state index contributed by atoms with van der Waals surface area (Å²) >= 11 is 0. The van der Waals surface area contributed by atoms with Crippen LogP contribution in [0.5, 0.6) is 0 Å². The molecule has 0 amide bonds. The molecule has 118 valence electrons. The van der Waals surface area contributed by atoms with Crippen LogP contribution in [0, 0.1) is 5.92 Å². The van der Waals surface area contributed by atoms with E-state index in [1.54, 1.807) is 0 Å². The maximum Gasteiger partial charge on any atom is 0.0562 e. The van der Waals surface area contributed by atoms with Gasteiger partial charge in [0.25, 0.3) is 0 Å². The van der Waals surface area contributed by atoms with Crippen LogP contribution < -0.4 is 10.2 Å². The summed E-state index contributed by atoms with van der Waals surface area (Å²) in [5.74, 6) is 0.857. The van der Waals surface area contributed by atoms with Crippen molar-refractivity contribution in [3.63, 3.8) is 0 Å². The first-order chi connectivity index (χ1) is 9.85. The third-order valence-electron chi connectivity index (χ3n) is 4.46. The summed E-state index contributed by atoms with van der Waals surface area (Å²) in [7, 11) is 2.24. The first-order valence-electron chi connectivity index (χ1n) is 8.28. The van der Waals surface area contributed by atoms with Gasteiger partial charge in [0.2, 0.25) is 0 Å². The van der Waals surface area contributed by atoms with E-state index in [0.717, 1.165) is 18.2 Å². The van der Waals surface area contributed by atoms with Crippen molar-refractivity contribution in [3.8, 4) is 0 Å². The molecule has 1 aliphatic carbocycles. The van der Waals surface area contributed by atoms with Crippen LogP contribution in [0.15, 0.2) is 18.3 Å². The Hall–Kier alpha value is -1.09. The Bertz CT molecular complexity index is 450. The highest BCUT2D eigenvalue weighted by Crippen LogP contribution is 2.29. The van der Waals surface area contributed by atoms with Crippen LogP contribution in [0.3, 0.4) is 0 Å². The predicted octanol–water partition coefficient (Wildman–Crippen LogP) is 3.98. The van der Waals surface area contributed by atoms with E-state index in [1.165, 1.54) is 31.4 Å². The molecule has 1 aliphatic rings. The molecule has 1 saturated carbocycles. The van der Waals surface area contributed by atoms with Gasteiger partial charge in [0.05, 0.1) is 5.69 Å². The molecule has 0 aromatic carbocycles. The number of anilines is 1. The lowest BCUT2D eigenvalue weighted by Gasteiger charge is -2.35. The largest absolute Gasteiger partial charge is 0.372 e. The average Bonchev–Trinajstić information content (AvgIpc) is 2.44. The number of pyridine rings is 1. The lowest BCUT2D eigenvalue weighted by atomic mass is 9.86. The second kappa shape index (κ2) is 6.78.